The van der Waals surface area contributed by atoms with Crippen molar-refractivity contribution in [2.75, 3.05) is 50.6 Å². The molecule has 4 aromatic carbocycles. The van der Waals surface area contributed by atoms with E-state index in [0.29, 0.717) is 64.6 Å². The highest BCUT2D eigenvalue weighted by Gasteiger charge is 2.42. The minimum Gasteiger partial charge on any atom is -0.486 e. The number of pyridine rings is 1. The molecule has 4 fully saturated rings. The Morgan fingerprint density at radius 3 is 2.45 bits per heavy atom. The smallest absolute Gasteiger partial charge is 0.319 e. The second kappa shape index (κ2) is 22.7. The maximum absolute atomic E-state index is 16.0. The van der Waals surface area contributed by atoms with Crippen molar-refractivity contribution in [1.29, 1.82) is 0 Å². The lowest BCUT2D eigenvalue weighted by molar-refractivity contribution is -0.142. The molecule has 3 saturated heterocycles. The number of halogens is 1. The Balaban J connectivity index is 0.863. The van der Waals surface area contributed by atoms with E-state index in [1.807, 2.05) is 88.5 Å². The third-order valence-corrected chi connectivity index (χ3v) is 16.5. The summed E-state index contributed by atoms with van der Waals surface area (Å²) in [6, 6.07) is 19.5. The van der Waals surface area contributed by atoms with E-state index >= 15 is 4.39 Å². The van der Waals surface area contributed by atoms with Gasteiger partial charge in [-0.25, -0.2) is 9.07 Å². The van der Waals surface area contributed by atoms with Crippen LogP contribution in [0.1, 0.15) is 104 Å². The number of hydrogen-bond donors (Lipinski definition) is 5. The van der Waals surface area contributed by atoms with Crippen LogP contribution in [0.25, 0.3) is 44.4 Å². The number of amides is 2. The Morgan fingerprint density at radius 2 is 1.77 bits per heavy atom. The number of likely N-dealkylation sites (tertiary alicyclic amines) is 1. The van der Waals surface area contributed by atoms with Crippen LogP contribution in [0.2, 0.25) is 0 Å². The number of ether oxygens (including phenoxy) is 3. The molecular weight excluding hydrogens is 1020 g/mol. The molecule has 6 heterocycles. The highest BCUT2D eigenvalue weighted by Crippen LogP contribution is 2.53. The molecule has 6 atom stereocenters. The molecule has 2 bridgehead atoms. The van der Waals surface area contributed by atoms with Gasteiger partial charge in [-0.2, -0.15) is 9.97 Å². The van der Waals surface area contributed by atoms with Gasteiger partial charge in [0.15, 0.2) is 12.0 Å². The number of carbonyl (C=O) groups is 2. The van der Waals surface area contributed by atoms with Crippen LogP contribution in [0.5, 0.6) is 11.8 Å². The van der Waals surface area contributed by atoms with Crippen LogP contribution >= 0.6 is 0 Å². The number of aryl methyl sites for hydroxylation is 1. The van der Waals surface area contributed by atoms with Gasteiger partial charge in [0.1, 0.15) is 48.1 Å². The van der Waals surface area contributed by atoms with E-state index in [4.69, 9.17) is 35.3 Å². The lowest BCUT2D eigenvalue weighted by Gasteiger charge is -2.30. The number of piperazine rings is 1. The zero-order valence-electron chi connectivity index (χ0n) is 46.2. The maximum atomic E-state index is 16.0. The van der Waals surface area contributed by atoms with Crippen LogP contribution in [-0.2, 0) is 20.9 Å². The summed E-state index contributed by atoms with van der Waals surface area (Å²) in [4.78, 5) is 47.0. The fourth-order valence-corrected chi connectivity index (χ4v) is 11.8. The number of aliphatic hydroxyl groups is 1. The van der Waals surface area contributed by atoms with Gasteiger partial charge in [-0.15, -0.1) is 5.10 Å². The molecule has 3 aliphatic heterocycles. The van der Waals surface area contributed by atoms with Gasteiger partial charge in [0, 0.05) is 84.5 Å². The van der Waals surface area contributed by atoms with Crippen LogP contribution in [0, 0.1) is 25.6 Å². The monoisotopic (exact) mass is 1090 g/mol. The number of nitrogens with zero attached hydrogens (tertiary/aromatic N) is 8. The van der Waals surface area contributed by atoms with Crippen molar-refractivity contribution in [3.8, 4) is 45.3 Å². The van der Waals surface area contributed by atoms with Gasteiger partial charge < -0.3 is 45.5 Å². The molecule has 2 amide bonds. The summed E-state index contributed by atoms with van der Waals surface area (Å²) >= 11 is 0. The highest BCUT2D eigenvalue weighted by atomic mass is 19.1. The number of nitrogens with one attached hydrogen (secondary N) is 2. The van der Waals surface area contributed by atoms with E-state index in [-0.39, 0.29) is 67.3 Å². The molecule has 18 nitrogen and oxygen atoms in total. The minimum atomic E-state index is -0.741. The number of anilines is 2. The molecule has 19 heteroatoms. The predicted octanol–water partition coefficient (Wildman–Crippen LogP) is 6.59. The molecule has 416 valence electrons. The molecule has 4 aliphatic rings. The maximum Gasteiger partial charge on any atom is 0.319 e. The van der Waals surface area contributed by atoms with Crippen LogP contribution in [0.3, 0.4) is 0 Å². The summed E-state index contributed by atoms with van der Waals surface area (Å²) < 4.78 is 36.5. The number of methoxy groups -OCH3 is 1. The molecule has 1 saturated carbocycles. The third kappa shape index (κ3) is 10.6. The van der Waals surface area contributed by atoms with Crippen LogP contribution < -0.4 is 36.2 Å². The van der Waals surface area contributed by atoms with Gasteiger partial charge in [0.2, 0.25) is 11.8 Å². The fourth-order valence-electron chi connectivity index (χ4n) is 11.8. The number of nitrogens with two attached hydrogens (primary N) is 2. The normalized spacial score (nSPS) is 18.9. The standard InChI is InChI=1S/C61H69FN12O6/c1-33(2)56(60(77)72-21-7-8-52(72)59(76)67-51(30-75)41-17-15-39(16-18-41)47-27-65-20-19-34(47)3)74-29-50(70-71-74)40-11-9-37(10-12-40)32-79-57-54(53-36(5)48(62)24-49(64)46(53)25-63)44(38-13-14-38)23-45-55(57)68-61(80-31-35(4)78-6)69-58(45)73-28-42-22-43(73)26-66-42/h9-12,15-20,23-25,27,29,33,35,38,42-43,51-52,56,63,66,75H,7-8,13-14,21-22,26,28,30-32,64H2,1-6H3,(H,67,76)/p+1/t35-,42-,43-,51-,52-,56-/m0/s1. The van der Waals surface area contributed by atoms with Gasteiger partial charge >= 0.3 is 6.01 Å². The zero-order valence-corrected chi connectivity index (χ0v) is 46.2. The van der Waals surface area contributed by atoms with Gasteiger partial charge in [-0.1, -0.05) is 67.6 Å². The summed E-state index contributed by atoms with van der Waals surface area (Å²) in [5, 5.41) is 33.3. The number of hydrogen-bond acceptors (Lipinski definition) is 14. The number of nitrogen functional groups attached to an aromatic ring is 1. The number of carbonyl (C=O) groups excluding carboxylic acids is 2. The number of benzene rings is 4. The molecule has 7 aromatic rings. The van der Waals surface area contributed by atoms with Crippen molar-refractivity contribution < 1.29 is 38.7 Å². The van der Waals surface area contributed by atoms with Crippen LogP contribution in [-0.4, -0.2) is 122 Å². The Morgan fingerprint density at radius 1 is 1.00 bits per heavy atom. The first-order valence-corrected chi connectivity index (χ1v) is 27.8. The van der Waals surface area contributed by atoms with Crippen molar-refractivity contribution in [1.82, 2.24) is 45.5 Å². The quantitative estimate of drug-likeness (QED) is 0.0400. The van der Waals surface area contributed by atoms with E-state index in [1.165, 1.54) is 12.3 Å². The lowest BCUT2D eigenvalue weighted by Crippen LogP contribution is -2.50. The number of aromatic nitrogens is 6. The number of rotatable bonds is 20. The average Bonchev–Trinajstić information content (AvgIpc) is 4.01. The van der Waals surface area contributed by atoms with Gasteiger partial charge in [-0.3, -0.25) is 20.0 Å². The van der Waals surface area contributed by atoms with Crippen molar-refractivity contribution in [2.24, 2.45) is 5.92 Å². The molecular formula is C61H70FN12O6+. The molecule has 0 unspecified atom stereocenters. The van der Waals surface area contributed by atoms with Crippen molar-refractivity contribution in [2.45, 2.75) is 116 Å². The predicted molar refractivity (Wildman–Crippen MR) is 303 cm³/mol. The van der Waals surface area contributed by atoms with Gasteiger partial charge in [0.25, 0.3) is 0 Å². The van der Waals surface area contributed by atoms with E-state index in [2.05, 4.69) is 36.9 Å². The Hall–Kier alpha value is -7.87. The number of fused-ring (bicyclic) bond motifs is 3. The highest BCUT2D eigenvalue weighted by molar-refractivity contribution is 6.05. The topological polar surface area (TPSA) is 234 Å². The average molecular weight is 1090 g/mol. The Labute approximate surface area is 464 Å². The van der Waals surface area contributed by atoms with E-state index in [1.54, 1.807) is 36.0 Å². The molecule has 7 N–H and O–H groups in total. The third-order valence-electron chi connectivity index (χ3n) is 16.5. The molecule has 11 rings (SSSR count). The van der Waals surface area contributed by atoms with Crippen molar-refractivity contribution >= 4 is 40.4 Å². The zero-order chi connectivity index (χ0) is 55.9. The van der Waals surface area contributed by atoms with Crippen LogP contribution in [0.4, 0.5) is 15.9 Å². The summed E-state index contributed by atoms with van der Waals surface area (Å²) in [5.74, 6) is 0.173. The summed E-state index contributed by atoms with van der Waals surface area (Å²) in [7, 11) is 1.63. The van der Waals surface area contributed by atoms with Crippen molar-refractivity contribution in [3.63, 3.8) is 0 Å². The Kier molecular flexibility index (Phi) is 15.4. The van der Waals surface area contributed by atoms with Gasteiger partial charge in [0.05, 0.1) is 30.5 Å². The van der Waals surface area contributed by atoms with Gasteiger partial charge in [-0.05, 0) is 116 Å². The first kappa shape index (κ1) is 54.1. The summed E-state index contributed by atoms with van der Waals surface area (Å²) in [5.41, 5.74) is 16.4. The Bertz CT molecular complexity index is 3460. The molecule has 0 radical (unpaired) electrons. The van der Waals surface area contributed by atoms with E-state index < -0.39 is 23.9 Å². The first-order chi connectivity index (χ1) is 38.7. The summed E-state index contributed by atoms with van der Waals surface area (Å²) in [6.07, 6.45) is 10.6. The molecule has 1 aliphatic carbocycles. The second-order valence-corrected chi connectivity index (χ2v) is 22.2. The summed E-state index contributed by atoms with van der Waals surface area (Å²) in [6.45, 7) is 11.6. The lowest BCUT2D eigenvalue weighted by atomic mass is 9.87. The molecule has 3 aromatic heterocycles. The fraction of sp³-hybridized carbons (Fsp3) is 0.410. The minimum absolute atomic E-state index is 0.106. The van der Waals surface area contributed by atoms with Crippen LogP contribution in [0.15, 0.2) is 85.3 Å². The largest absolute Gasteiger partial charge is 0.486 e. The SMILES string of the molecule is CO[C@@H](C)COc1nc(N2C[C@@H]3C[C@H]2CN3)c2cc(C3CC3)c(-c3c(C)c(F)cc(N)c3C=[NH2+])c(OCc3ccc(-c4cn([C@H](C(=O)N5CCC[C@H]5C(=O)N[C@@H](CO)c5ccc(-c6cnccc6C)cc5)C(C)C)nn4)cc3)c2n1. The first-order valence-electron chi connectivity index (χ1n) is 27.8. The van der Waals surface area contributed by atoms with E-state index in [0.717, 1.165) is 82.5 Å². The second-order valence-electron chi connectivity index (χ2n) is 22.2. The van der Waals surface area contributed by atoms with Crippen molar-refractivity contribution in [3.05, 3.63) is 125 Å². The number of aliphatic hydroxyl groups excluding tert-OH is 1. The molecule has 0 spiro atoms. The molecule has 80 heavy (non-hydrogen) atoms. The van der Waals surface area contributed by atoms with E-state index in [9.17, 15) is 14.7 Å².